The molecule has 0 saturated carbocycles. The Bertz CT molecular complexity index is 909. The molecule has 2 aromatic rings. The molecular weight excluding hydrogens is 363 g/mol. The van der Waals surface area contributed by atoms with E-state index in [-0.39, 0.29) is 29.8 Å². The third-order valence-corrected chi connectivity index (χ3v) is 5.42. The minimum atomic E-state index is -0.383. The minimum absolute atomic E-state index is 0.263. The summed E-state index contributed by atoms with van der Waals surface area (Å²) in [5, 5.41) is 5.64. The summed E-state index contributed by atoms with van der Waals surface area (Å²) in [4.78, 5) is 24.1. The molecule has 4 rings (SSSR count). The molecule has 1 saturated heterocycles. The smallest absolute Gasteiger partial charge is 0.338 e. The Morgan fingerprint density at radius 3 is 2.75 bits per heavy atom. The molecule has 0 aromatic heterocycles. The van der Waals surface area contributed by atoms with Crippen LogP contribution in [0.15, 0.2) is 42.5 Å². The van der Waals surface area contributed by atoms with E-state index in [0.717, 1.165) is 11.1 Å². The van der Waals surface area contributed by atoms with Crippen LogP contribution in [0, 0.1) is 5.82 Å². The van der Waals surface area contributed by atoms with Gasteiger partial charge in [0.1, 0.15) is 12.4 Å². The number of anilines is 1. The van der Waals surface area contributed by atoms with Crippen molar-refractivity contribution in [2.75, 3.05) is 25.1 Å². The van der Waals surface area contributed by atoms with Gasteiger partial charge in [-0.2, -0.15) is 0 Å². The van der Waals surface area contributed by atoms with E-state index in [2.05, 4.69) is 10.6 Å². The van der Waals surface area contributed by atoms with Gasteiger partial charge in [0.15, 0.2) is 0 Å². The Kier molecular flexibility index (Phi) is 5.00. The van der Waals surface area contributed by atoms with E-state index < -0.39 is 0 Å². The first-order valence-electron chi connectivity index (χ1n) is 9.24. The van der Waals surface area contributed by atoms with Crippen molar-refractivity contribution >= 4 is 17.7 Å². The quantitative estimate of drug-likeness (QED) is 0.793. The molecule has 0 spiro atoms. The second-order valence-corrected chi connectivity index (χ2v) is 7.16. The molecule has 2 amide bonds. The monoisotopic (exact) mass is 384 g/mol. The van der Waals surface area contributed by atoms with Crippen LogP contribution in [0.3, 0.4) is 0 Å². The number of hydrogen-bond donors (Lipinski definition) is 2. The Morgan fingerprint density at radius 1 is 1.14 bits per heavy atom. The normalized spacial score (nSPS) is 17.5. The minimum Gasteiger partial charge on any atom is -0.457 e. The van der Waals surface area contributed by atoms with Crippen LogP contribution in [0.5, 0.6) is 0 Å². The summed E-state index contributed by atoms with van der Waals surface area (Å²) in [7, 11) is 0. The van der Waals surface area contributed by atoms with Crippen molar-refractivity contribution in [3.63, 3.8) is 0 Å². The summed E-state index contributed by atoms with van der Waals surface area (Å²) in [6.45, 7) is 1.75. The lowest BCUT2D eigenvalue weighted by Gasteiger charge is -2.38. The van der Waals surface area contributed by atoms with E-state index in [1.165, 1.54) is 12.1 Å². The number of benzene rings is 2. The van der Waals surface area contributed by atoms with Crippen LogP contribution in [0.25, 0.3) is 0 Å². The highest BCUT2D eigenvalue weighted by Crippen LogP contribution is 2.34. The van der Waals surface area contributed by atoms with Gasteiger partial charge in [-0.3, -0.25) is 0 Å². The first-order chi connectivity index (χ1) is 13.6. The van der Waals surface area contributed by atoms with Crippen molar-refractivity contribution in [3.8, 4) is 0 Å². The van der Waals surface area contributed by atoms with Crippen molar-refractivity contribution in [3.05, 3.63) is 65.0 Å². The Hall–Kier alpha value is -2.93. The number of nitrogens with one attached hydrogen (secondary N) is 2. The number of fused-ring (bicyclic) bond motifs is 1. The van der Waals surface area contributed by atoms with Gasteiger partial charge in [0, 0.05) is 36.4 Å². The van der Waals surface area contributed by atoms with Crippen molar-refractivity contribution < 1.29 is 23.5 Å². The lowest BCUT2D eigenvalue weighted by Crippen LogP contribution is -2.45. The van der Waals surface area contributed by atoms with Gasteiger partial charge in [-0.15, -0.1) is 0 Å². The van der Waals surface area contributed by atoms with E-state index in [9.17, 15) is 14.0 Å². The Labute approximate surface area is 162 Å². The standard InChI is InChI=1S/C21H21FN2O4/c22-16-3-1-2-15(10-16)21(6-8-27-9-7-21)13-23-20(26)24-17-5-4-14-12-28-19(25)18(14)11-17/h1-5,10-11H,6-9,12-13H2,(H2,23,24,26). The van der Waals surface area contributed by atoms with Crippen molar-refractivity contribution in [1.29, 1.82) is 0 Å². The van der Waals surface area contributed by atoms with Gasteiger partial charge in [0.2, 0.25) is 0 Å². The van der Waals surface area contributed by atoms with Gasteiger partial charge < -0.3 is 20.1 Å². The largest absolute Gasteiger partial charge is 0.457 e. The molecule has 2 aliphatic heterocycles. The fourth-order valence-corrected chi connectivity index (χ4v) is 3.76. The van der Waals surface area contributed by atoms with Gasteiger partial charge in [-0.05, 0) is 42.7 Å². The number of urea groups is 1. The fourth-order valence-electron chi connectivity index (χ4n) is 3.76. The number of carbonyl (C=O) groups is 2. The maximum absolute atomic E-state index is 13.8. The first-order valence-corrected chi connectivity index (χ1v) is 9.24. The van der Waals surface area contributed by atoms with E-state index in [1.54, 1.807) is 24.3 Å². The Balaban J connectivity index is 1.45. The van der Waals surface area contributed by atoms with Gasteiger partial charge in [-0.1, -0.05) is 18.2 Å². The second-order valence-electron chi connectivity index (χ2n) is 7.16. The Morgan fingerprint density at radius 2 is 1.96 bits per heavy atom. The number of amides is 2. The molecule has 2 aliphatic rings. The molecule has 0 radical (unpaired) electrons. The molecule has 28 heavy (non-hydrogen) atoms. The zero-order valence-corrected chi connectivity index (χ0v) is 15.3. The molecular formula is C21H21FN2O4. The topological polar surface area (TPSA) is 76.7 Å². The predicted octanol–water partition coefficient (Wildman–Crippen LogP) is 3.37. The lowest BCUT2D eigenvalue weighted by molar-refractivity contribution is 0.0507. The maximum Gasteiger partial charge on any atom is 0.338 e. The highest BCUT2D eigenvalue weighted by molar-refractivity contribution is 5.96. The zero-order valence-electron chi connectivity index (χ0n) is 15.3. The molecule has 2 aromatic carbocycles. The van der Waals surface area contributed by atoms with Crippen LogP contribution in [0.4, 0.5) is 14.9 Å². The van der Waals surface area contributed by atoms with Gasteiger partial charge in [-0.25, -0.2) is 14.0 Å². The van der Waals surface area contributed by atoms with Crippen LogP contribution in [0.1, 0.15) is 34.3 Å². The highest BCUT2D eigenvalue weighted by Gasteiger charge is 2.35. The van der Waals surface area contributed by atoms with Crippen LogP contribution >= 0.6 is 0 Å². The maximum atomic E-state index is 13.8. The first kappa shape index (κ1) is 18.4. The molecule has 0 atom stereocenters. The molecule has 146 valence electrons. The molecule has 0 bridgehead atoms. The fraction of sp³-hybridized carbons (Fsp3) is 0.333. The van der Waals surface area contributed by atoms with Gasteiger partial charge >= 0.3 is 12.0 Å². The second kappa shape index (κ2) is 7.59. The van der Waals surface area contributed by atoms with Gasteiger partial charge in [0.25, 0.3) is 0 Å². The third-order valence-electron chi connectivity index (χ3n) is 5.42. The summed E-state index contributed by atoms with van der Waals surface area (Å²) in [6, 6.07) is 11.2. The van der Waals surface area contributed by atoms with E-state index in [1.807, 2.05) is 6.07 Å². The summed E-state index contributed by atoms with van der Waals surface area (Å²) in [5.74, 6) is -0.677. The summed E-state index contributed by atoms with van der Waals surface area (Å²) in [6.07, 6.45) is 1.39. The number of esters is 1. The van der Waals surface area contributed by atoms with Crippen LogP contribution in [-0.4, -0.2) is 31.8 Å². The molecule has 1 fully saturated rings. The number of hydrogen-bond acceptors (Lipinski definition) is 4. The molecule has 2 N–H and O–H groups in total. The van der Waals surface area contributed by atoms with Crippen molar-refractivity contribution in [2.45, 2.75) is 24.9 Å². The van der Waals surface area contributed by atoms with E-state index in [4.69, 9.17) is 9.47 Å². The predicted molar refractivity (Wildman–Crippen MR) is 101 cm³/mol. The summed E-state index contributed by atoms with van der Waals surface area (Å²) in [5.41, 5.74) is 2.28. The average Bonchev–Trinajstić information content (AvgIpc) is 3.08. The van der Waals surface area contributed by atoms with Crippen LogP contribution in [0.2, 0.25) is 0 Å². The lowest BCUT2D eigenvalue weighted by atomic mass is 9.74. The molecule has 7 heteroatoms. The van der Waals surface area contributed by atoms with E-state index in [0.29, 0.717) is 43.9 Å². The third kappa shape index (κ3) is 3.71. The van der Waals surface area contributed by atoms with Crippen LogP contribution in [-0.2, 0) is 21.5 Å². The molecule has 2 heterocycles. The average molecular weight is 384 g/mol. The van der Waals surface area contributed by atoms with Crippen molar-refractivity contribution in [2.24, 2.45) is 0 Å². The number of rotatable bonds is 4. The number of halogens is 1. The van der Waals surface area contributed by atoms with E-state index >= 15 is 0 Å². The zero-order chi connectivity index (χ0) is 19.6. The van der Waals surface area contributed by atoms with Crippen LogP contribution < -0.4 is 10.6 Å². The molecule has 0 unspecified atom stereocenters. The SMILES string of the molecule is O=C(NCC1(c2cccc(F)c2)CCOCC1)Nc1ccc2c(c1)C(=O)OC2. The number of ether oxygens (including phenoxy) is 2. The number of cyclic esters (lactones) is 1. The van der Waals surface area contributed by atoms with Crippen molar-refractivity contribution in [1.82, 2.24) is 5.32 Å². The molecule has 6 nitrogen and oxygen atoms in total. The number of carbonyl (C=O) groups excluding carboxylic acids is 2. The molecule has 0 aliphatic carbocycles. The summed E-state index contributed by atoms with van der Waals surface area (Å²) < 4.78 is 24.2. The highest BCUT2D eigenvalue weighted by atomic mass is 19.1. The van der Waals surface area contributed by atoms with Gasteiger partial charge in [0.05, 0.1) is 5.56 Å². The summed E-state index contributed by atoms with van der Waals surface area (Å²) >= 11 is 0.